The van der Waals surface area contributed by atoms with Crippen molar-refractivity contribution in [1.82, 2.24) is 14.5 Å². The van der Waals surface area contributed by atoms with Crippen molar-refractivity contribution in [2.75, 3.05) is 0 Å². The highest BCUT2D eigenvalue weighted by Gasteiger charge is 2.29. The van der Waals surface area contributed by atoms with Crippen LogP contribution in [0, 0.1) is 11.3 Å². The van der Waals surface area contributed by atoms with Crippen molar-refractivity contribution in [3.05, 3.63) is 24.2 Å². The van der Waals surface area contributed by atoms with Crippen molar-refractivity contribution in [2.24, 2.45) is 0 Å². The van der Waals surface area contributed by atoms with Gasteiger partial charge in [-0.15, -0.1) is 0 Å². The Kier molecular flexibility index (Phi) is 1.93. The summed E-state index contributed by atoms with van der Waals surface area (Å²) < 4.78 is 2.19. The van der Waals surface area contributed by atoms with Crippen LogP contribution in [0.3, 0.4) is 0 Å². The molecule has 0 spiro atoms. The molecule has 1 saturated carbocycles. The normalized spacial score (nSPS) is 17.2. The third kappa shape index (κ3) is 1.28. The van der Waals surface area contributed by atoms with Gasteiger partial charge in [0.05, 0.1) is 11.6 Å². The highest BCUT2D eigenvalue weighted by atomic mass is 15.2. The summed E-state index contributed by atoms with van der Waals surface area (Å²) in [4.78, 5) is 8.72. The van der Waals surface area contributed by atoms with Crippen LogP contribution < -0.4 is 0 Å². The molecule has 4 nitrogen and oxygen atoms in total. The number of pyridine rings is 1. The number of rotatable bonds is 2. The molecule has 16 heavy (non-hydrogen) atoms. The first kappa shape index (κ1) is 9.34. The van der Waals surface area contributed by atoms with E-state index in [0.29, 0.717) is 6.04 Å². The van der Waals surface area contributed by atoms with E-state index in [1.54, 1.807) is 6.20 Å². The minimum atomic E-state index is -0.171. The zero-order valence-corrected chi connectivity index (χ0v) is 9.09. The average molecular weight is 212 g/mol. The van der Waals surface area contributed by atoms with E-state index in [-0.39, 0.29) is 5.92 Å². The Balaban J connectivity index is 2.27. The van der Waals surface area contributed by atoms with Crippen LogP contribution in [0.5, 0.6) is 0 Å². The molecule has 1 aliphatic carbocycles. The number of nitriles is 1. The Morgan fingerprint density at radius 2 is 2.38 bits per heavy atom. The summed E-state index contributed by atoms with van der Waals surface area (Å²) in [6.45, 7) is 1.89. The molecule has 0 N–H and O–H groups in total. The lowest BCUT2D eigenvalue weighted by molar-refractivity contribution is 0.684. The van der Waals surface area contributed by atoms with E-state index < -0.39 is 0 Å². The second-order valence-electron chi connectivity index (χ2n) is 4.27. The van der Waals surface area contributed by atoms with Crippen LogP contribution in [0.2, 0.25) is 0 Å². The largest absolute Gasteiger partial charge is 0.322 e. The van der Waals surface area contributed by atoms with Crippen molar-refractivity contribution in [2.45, 2.75) is 31.7 Å². The van der Waals surface area contributed by atoms with E-state index in [2.05, 4.69) is 20.6 Å². The number of imidazole rings is 1. The van der Waals surface area contributed by atoms with Crippen molar-refractivity contribution in [1.29, 1.82) is 5.26 Å². The van der Waals surface area contributed by atoms with E-state index >= 15 is 0 Å². The predicted octanol–water partition coefficient (Wildman–Crippen LogP) is 2.39. The molecule has 2 aromatic rings. The van der Waals surface area contributed by atoms with Crippen LogP contribution in [-0.2, 0) is 0 Å². The van der Waals surface area contributed by atoms with Crippen molar-refractivity contribution in [3.63, 3.8) is 0 Å². The number of hydrogen-bond donors (Lipinski definition) is 0. The molecule has 1 unspecified atom stereocenters. The van der Waals surface area contributed by atoms with E-state index in [1.807, 2.05) is 19.1 Å². The van der Waals surface area contributed by atoms with Crippen LogP contribution in [0.15, 0.2) is 18.3 Å². The van der Waals surface area contributed by atoms with Crippen molar-refractivity contribution >= 4 is 11.2 Å². The highest BCUT2D eigenvalue weighted by Crippen LogP contribution is 2.39. The lowest BCUT2D eigenvalue weighted by atomic mass is 10.2. The lowest BCUT2D eigenvalue weighted by Gasteiger charge is -2.07. The van der Waals surface area contributed by atoms with Crippen LogP contribution in [0.1, 0.15) is 37.5 Å². The van der Waals surface area contributed by atoms with Gasteiger partial charge in [-0.1, -0.05) is 0 Å². The molecule has 0 bridgehead atoms. The molecule has 1 aliphatic rings. The molecule has 0 aromatic carbocycles. The summed E-state index contributed by atoms with van der Waals surface area (Å²) in [5.74, 6) is 0.688. The molecule has 4 heteroatoms. The molecule has 1 atom stereocenters. The van der Waals surface area contributed by atoms with Crippen LogP contribution >= 0.6 is 0 Å². The van der Waals surface area contributed by atoms with E-state index in [9.17, 15) is 0 Å². The first-order valence-electron chi connectivity index (χ1n) is 5.53. The van der Waals surface area contributed by atoms with Crippen molar-refractivity contribution in [3.8, 4) is 6.07 Å². The topological polar surface area (TPSA) is 54.5 Å². The molecule has 80 valence electrons. The maximum atomic E-state index is 9.02. The number of hydrogen-bond acceptors (Lipinski definition) is 3. The molecule has 0 saturated heterocycles. The standard InChI is InChI=1S/C12H12N4/c1-8(7-13)12-15-11-10(3-2-6-14-11)16(12)9-4-5-9/h2-3,6,8-9H,4-5H2,1H3. The summed E-state index contributed by atoms with van der Waals surface area (Å²) in [7, 11) is 0. The second kappa shape index (κ2) is 3.31. The summed E-state index contributed by atoms with van der Waals surface area (Å²) in [5, 5.41) is 9.02. The Labute approximate surface area is 93.5 Å². The Bertz CT molecular complexity index is 574. The van der Waals surface area contributed by atoms with Gasteiger partial charge in [-0.3, -0.25) is 0 Å². The van der Waals surface area contributed by atoms with E-state index in [4.69, 9.17) is 5.26 Å². The van der Waals surface area contributed by atoms with Gasteiger partial charge in [0.1, 0.15) is 11.7 Å². The van der Waals surface area contributed by atoms with Gasteiger partial charge in [-0.2, -0.15) is 5.26 Å². The Hall–Kier alpha value is -1.89. The molecule has 0 radical (unpaired) electrons. The third-order valence-corrected chi connectivity index (χ3v) is 2.99. The molecule has 0 amide bonds. The van der Waals surface area contributed by atoms with Gasteiger partial charge >= 0.3 is 0 Å². The predicted molar refractivity (Wildman–Crippen MR) is 59.8 cm³/mol. The SMILES string of the molecule is CC(C#N)c1nc2ncccc2n1C1CC1. The van der Waals surface area contributed by atoms with Gasteiger partial charge in [0, 0.05) is 12.2 Å². The van der Waals surface area contributed by atoms with Gasteiger partial charge < -0.3 is 4.57 Å². The highest BCUT2D eigenvalue weighted by molar-refractivity contribution is 5.72. The Morgan fingerprint density at radius 3 is 3.06 bits per heavy atom. The molecule has 0 aliphatic heterocycles. The average Bonchev–Trinajstić information content (AvgIpc) is 3.08. The molecule has 2 heterocycles. The smallest absolute Gasteiger partial charge is 0.177 e. The molecule has 2 aromatic heterocycles. The quantitative estimate of drug-likeness (QED) is 0.768. The fourth-order valence-corrected chi connectivity index (χ4v) is 2.03. The number of aromatic nitrogens is 3. The van der Waals surface area contributed by atoms with Crippen LogP contribution in [-0.4, -0.2) is 14.5 Å². The fourth-order valence-electron chi connectivity index (χ4n) is 2.03. The summed E-state index contributed by atoms with van der Waals surface area (Å²) in [6.07, 6.45) is 4.12. The van der Waals surface area contributed by atoms with Gasteiger partial charge in [-0.25, -0.2) is 9.97 Å². The fraction of sp³-hybridized carbons (Fsp3) is 0.417. The summed E-state index contributed by atoms with van der Waals surface area (Å²) >= 11 is 0. The summed E-state index contributed by atoms with van der Waals surface area (Å²) in [5.41, 5.74) is 1.81. The molecule has 3 rings (SSSR count). The maximum Gasteiger partial charge on any atom is 0.177 e. The van der Waals surface area contributed by atoms with Crippen LogP contribution in [0.25, 0.3) is 11.2 Å². The number of fused-ring (bicyclic) bond motifs is 1. The first-order valence-corrected chi connectivity index (χ1v) is 5.53. The van der Waals surface area contributed by atoms with Gasteiger partial charge in [0.25, 0.3) is 0 Å². The van der Waals surface area contributed by atoms with E-state index in [1.165, 1.54) is 12.8 Å². The molecular weight excluding hydrogens is 200 g/mol. The monoisotopic (exact) mass is 212 g/mol. The zero-order valence-electron chi connectivity index (χ0n) is 9.09. The third-order valence-electron chi connectivity index (χ3n) is 2.99. The maximum absolute atomic E-state index is 9.02. The first-order chi connectivity index (χ1) is 7.81. The van der Waals surface area contributed by atoms with Crippen molar-refractivity contribution < 1.29 is 0 Å². The second-order valence-corrected chi connectivity index (χ2v) is 4.27. The van der Waals surface area contributed by atoms with Crippen LogP contribution in [0.4, 0.5) is 0 Å². The van der Waals surface area contributed by atoms with Gasteiger partial charge in [0.2, 0.25) is 0 Å². The van der Waals surface area contributed by atoms with E-state index in [0.717, 1.165) is 17.0 Å². The molecule has 1 fully saturated rings. The lowest BCUT2D eigenvalue weighted by Crippen LogP contribution is -2.04. The Morgan fingerprint density at radius 1 is 1.56 bits per heavy atom. The minimum Gasteiger partial charge on any atom is -0.322 e. The summed E-state index contributed by atoms with van der Waals surface area (Å²) in [6, 6.07) is 6.73. The zero-order chi connectivity index (χ0) is 11.1. The molecular formula is C12H12N4. The van der Waals surface area contributed by atoms with Gasteiger partial charge in [0.15, 0.2) is 5.65 Å². The number of nitrogens with zero attached hydrogens (tertiary/aromatic N) is 4. The minimum absolute atomic E-state index is 0.171. The van der Waals surface area contributed by atoms with Gasteiger partial charge in [-0.05, 0) is 31.9 Å².